The summed E-state index contributed by atoms with van der Waals surface area (Å²) < 4.78 is 5.10. The SMILES string of the molecule is O=C(O)C1COCCN1C(=O)N1CCC(CO)C1. The molecule has 2 atom stereocenters. The number of hydrogen-bond acceptors (Lipinski definition) is 4. The van der Waals surface area contributed by atoms with E-state index in [1.165, 1.54) is 4.90 Å². The maximum Gasteiger partial charge on any atom is 0.328 e. The Bertz CT molecular complexity index is 335. The minimum absolute atomic E-state index is 0.0400. The quantitative estimate of drug-likeness (QED) is 0.677. The van der Waals surface area contributed by atoms with E-state index in [4.69, 9.17) is 14.9 Å². The fourth-order valence-electron chi connectivity index (χ4n) is 2.37. The van der Waals surface area contributed by atoms with Gasteiger partial charge in [0.05, 0.1) is 13.2 Å². The van der Waals surface area contributed by atoms with Crippen molar-refractivity contribution < 1.29 is 24.5 Å². The number of carbonyl (C=O) groups excluding carboxylic acids is 1. The van der Waals surface area contributed by atoms with Gasteiger partial charge in [-0.2, -0.15) is 0 Å². The number of ether oxygens (including phenoxy) is 1. The molecule has 0 aromatic carbocycles. The van der Waals surface area contributed by atoms with Crippen LogP contribution in [0.1, 0.15) is 6.42 Å². The Kier molecular flexibility index (Phi) is 4.03. The summed E-state index contributed by atoms with van der Waals surface area (Å²) in [5.74, 6) is -0.931. The van der Waals surface area contributed by atoms with Crippen LogP contribution in [-0.2, 0) is 9.53 Å². The normalized spacial score (nSPS) is 28.5. The van der Waals surface area contributed by atoms with Crippen LogP contribution in [0.5, 0.6) is 0 Å². The van der Waals surface area contributed by atoms with Gasteiger partial charge in [0.1, 0.15) is 0 Å². The second-order valence-corrected chi connectivity index (χ2v) is 4.69. The van der Waals surface area contributed by atoms with Crippen molar-refractivity contribution in [1.82, 2.24) is 9.80 Å². The lowest BCUT2D eigenvalue weighted by molar-refractivity contribution is -0.147. The molecule has 102 valence electrons. The minimum atomic E-state index is -1.04. The summed E-state index contributed by atoms with van der Waals surface area (Å²) in [6.07, 6.45) is 0.768. The van der Waals surface area contributed by atoms with Gasteiger partial charge in [-0.15, -0.1) is 0 Å². The molecular weight excluding hydrogens is 240 g/mol. The highest BCUT2D eigenvalue weighted by atomic mass is 16.5. The Morgan fingerprint density at radius 2 is 2.11 bits per heavy atom. The van der Waals surface area contributed by atoms with Gasteiger partial charge in [0, 0.05) is 32.2 Å². The predicted molar refractivity (Wildman–Crippen MR) is 61.1 cm³/mol. The molecule has 2 heterocycles. The van der Waals surface area contributed by atoms with Gasteiger partial charge in [0.2, 0.25) is 0 Å². The second-order valence-electron chi connectivity index (χ2n) is 4.69. The summed E-state index contributed by atoms with van der Waals surface area (Å²) in [6.45, 7) is 1.85. The summed E-state index contributed by atoms with van der Waals surface area (Å²) in [6, 6.07) is -1.17. The van der Waals surface area contributed by atoms with Crippen molar-refractivity contribution in [3.63, 3.8) is 0 Å². The maximum atomic E-state index is 12.2. The number of morpholine rings is 1. The van der Waals surface area contributed by atoms with Crippen molar-refractivity contribution in [2.75, 3.05) is 39.5 Å². The van der Waals surface area contributed by atoms with E-state index >= 15 is 0 Å². The average molecular weight is 258 g/mol. The fourth-order valence-corrected chi connectivity index (χ4v) is 2.37. The van der Waals surface area contributed by atoms with E-state index in [1.807, 2.05) is 0 Å². The van der Waals surface area contributed by atoms with Gasteiger partial charge in [-0.25, -0.2) is 9.59 Å². The predicted octanol–water partition coefficient (Wildman–Crippen LogP) is -0.794. The molecule has 2 fully saturated rings. The Hall–Kier alpha value is -1.34. The molecule has 2 amide bonds. The van der Waals surface area contributed by atoms with Crippen LogP contribution in [-0.4, -0.2) is 77.5 Å². The van der Waals surface area contributed by atoms with Crippen molar-refractivity contribution in [3.8, 4) is 0 Å². The summed E-state index contributed by atoms with van der Waals surface area (Å²) in [7, 11) is 0. The van der Waals surface area contributed by atoms with Crippen LogP contribution in [0.25, 0.3) is 0 Å². The van der Waals surface area contributed by atoms with Gasteiger partial charge in [-0.05, 0) is 6.42 Å². The van der Waals surface area contributed by atoms with Crippen LogP contribution in [0.15, 0.2) is 0 Å². The highest BCUT2D eigenvalue weighted by Gasteiger charge is 2.37. The van der Waals surface area contributed by atoms with E-state index < -0.39 is 12.0 Å². The van der Waals surface area contributed by atoms with Gasteiger partial charge in [0.25, 0.3) is 0 Å². The molecule has 0 aromatic heterocycles. The Morgan fingerprint density at radius 1 is 1.33 bits per heavy atom. The number of aliphatic hydroxyl groups is 1. The molecule has 0 radical (unpaired) electrons. The molecule has 0 saturated carbocycles. The molecule has 7 nitrogen and oxygen atoms in total. The van der Waals surface area contributed by atoms with Crippen molar-refractivity contribution in [1.29, 1.82) is 0 Å². The monoisotopic (exact) mass is 258 g/mol. The molecular formula is C11H18N2O5. The third-order valence-electron chi connectivity index (χ3n) is 3.47. The highest BCUT2D eigenvalue weighted by molar-refractivity contribution is 5.83. The largest absolute Gasteiger partial charge is 0.480 e. The number of nitrogens with zero attached hydrogens (tertiary/aromatic N) is 2. The standard InChI is InChI=1S/C11H18N2O5/c14-6-8-1-2-12(5-8)11(17)13-3-4-18-7-9(13)10(15)16/h8-9,14H,1-7H2,(H,15,16). The number of carboxylic acid groups (broad SMARTS) is 1. The Morgan fingerprint density at radius 3 is 2.72 bits per heavy atom. The number of aliphatic carboxylic acids is 1. The second kappa shape index (κ2) is 5.53. The zero-order valence-electron chi connectivity index (χ0n) is 10.1. The third-order valence-corrected chi connectivity index (χ3v) is 3.47. The number of urea groups is 1. The molecule has 2 aliphatic rings. The summed E-state index contributed by atoms with van der Waals surface area (Å²) >= 11 is 0. The Balaban J connectivity index is 2.00. The molecule has 0 spiro atoms. The smallest absolute Gasteiger partial charge is 0.328 e. The lowest BCUT2D eigenvalue weighted by Crippen LogP contribution is -2.56. The molecule has 7 heteroatoms. The van der Waals surface area contributed by atoms with Crippen molar-refractivity contribution in [3.05, 3.63) is 0 Å². The first kappa shape index (κ1) is 13.1. The molecule has 18 heavy (non-hydrogen) atoms. The van der Waals surface area contributed by atoms with Crippen LogP contribution in [0.2, 0.25) is 0 Å². The summed E-state index contributed by atoms with van der Waals surface area (Å²) in [4.78, 5) is 26.3. The van der Waals surface area contributed by atoms with Crippen molar-refractivity contribution >= 4 is 12.0 Å². The van der Waals surface area contributed by atoms with Crippen LogP contribution >= 0.6 is 0 Å². The molecule has 2 N–H and O–H groups in total. The highest BCUT2D eigenvalue weighted by Crippen LogP contribution is 2.19. The minimum Gasteiger partial charge on any atom is -0.480 e. The fraction of sp³-hybridized carbons (Fsp3) is 0.818. The van der Waals surface area contributed by atoms with Crippen molar-refractivity contribution in [2.24, 2.45) is 5.92 Å². The molecule has 0 aromatic rings. The van der Waals surface area contributed by atoms with Gasteiger partial charge in [-0.3, -0.25) is 0 Å². The Labute approximate surface area is 105 Å². The van der Waals surface area contributed by atoms with E-state index in [0.29, 0.717) is 26.2 Å². The molecule has 0 bridgehead atoms. The van der Waals surface area contributed by atoms with Gasteiger partial charge >= 0.3 is 12.0 Å². The number of hydrogen-bond donors (Lipinski definition) is 2. The number of amides is 2. The number of likely N-dealkylation sites (tertiary alicyclic amines) is 1. The third kappa shape index (κ3) is 2.56. The van der Waals surface area contributed by atoms with Gasteiger partial charge in [-0.1, -0.05) is 0 Å². The first-order chi connectivity index (χ1) is 8.63. The lowest BCUT2D eigenvalue weighted by atomic mass is 10.1. The van der Waals surface area contributed by atoms with E-state index in [0.717, 1.165) is 6.42 Å². The maximum absolute atomic E-state index is 12.2. The number of carbonyl (C=O) groups is 2. The molecule has 0 aliphatic carbocycles. The van der Waals surface area contributed by atoms with E-state index in [1.54, 1.807) is 4.90 Å². The zero-order chi connectivity index (χ0) is 13.1. The van der Waals surface area contributed by atoms with E-state index in [-0.39, 0.29) is 25.2 Å². The molecule has 2 aliphatic heterocycles. The molecule has 2 saturated heterocycles. The topological polar surface area (TPSA) is 90.3 Å². The van der Waals surface area contributed by atoms with Gasteiger partial charge < -0.3 is 24.7 Å². The first-order valence-corrected chi connectivity index (χ1v) is 6.10. The average Bonchev–Trinajstić information content (AvgIpc) is 2.86. The van der Waals surface area contributed by atoms with E-state index in [2.05, 4.69) is 0 Å². The van der Waals surface area contributed by atoms with Crippen LogP contribution in [0.3, 0.4) is 0 Å². The first-order valence-electron chi connectivity index (χ1n) is 6.10. The summed E-state index contributed by atoms with van der Waals surface area (Å²) in [5, 5.41) is 18.1. The summed E-state index contributed by atoms with van der Waals surface area (Å²) in [5.41, 5.74) is 0. The molecule has 2 rings (SSSR count). The van der Waals surface area contributed by atoms with Gasteiger partial charge in [0.15, 0.2) is 6.04 Å². The number of rotatable bonds is 2. The molecule has 2 unspecified atom stereocenters. The van der Waals surface area contributed by atoms with Crippen LogP contribution in [0, 0.1) is 5.92 Å². The van der Waals surface area contributed by atoms with Crippen LogP contribution in [0.4, 0.5) is 4.79 Å². The number of carboxylic acids is 1. The van der Waals surface area contributed by atoms with Crippen LogP contribution < -0.4 is 0 Å². The van der Waals surface area contributed by atoms with Crippen molar-refractivity contribution in [2.45, 2.75) is 12.5 Å². The number of aliphatic hydroxyl groups excluding tert-OH is 1. The zero-order valence-corrected chi connectivity index (χ0v) is 10.1. The van der Waals surface area contributed by atoms with E-state index in [9.17, 15) is 9.59 Å². The lowest BCUT2D eigenvalue weighted by Gasteiger charge is -2.35.